The van der Waals surface area contributed by atoms with Crippen LogP contribution in [0.5, 0.6) is 0 Å². The summed E-state index contributed by atoms with van der Waals surface area (Å²) in [6.07, 6.45) is 0.750. The highest BCUT2D eigenvalue weighted by atomic mass is 16.4. The fraction of sp³-hybridized carbons (Fsp3) is 0.417. The summed E-state index contributed by atoms with van der Waals surface area (Å²) in [7, 11) is 0. The van der Waals surface area contributed by atoms with Crippen LogP contribution in [0, 0.1) is 0 Å². The number of nitrogens with one attached hydrogen (secondary N) is 1. The lowest BCUT2D eigenvalue weighted by atomic mass is 10.1. The average Bonchev–Trinajstić information content (AvgIpc) is 2.27. The standard InChI is InChI=1S/C12H18N2O2/c1-9(12(15)16)14-8-11(13)7-10-5-3-2-4-6-10/h2-6,9,11,14H,7-8,13H2,1H3,(H,15,16)/t9-,11-/m0/s1. The first-order chi connectivity index (χ1) is 7.59. The zero-order valence-electron chi connectivity index (χ0n) is 9.39. The maximum atomic E-state index is 10.6. The maximum Gasteiger partial charge on any atom is 0.320 e. The van der Waals surface area contributed by atoms with Crippen LogP contribution in [0.25, 0.3) is 0 Å². The first-order valence-corrected chi connectivity index (χ1v) is 5.35. The molecule has 0 amide bonds. The molecule has 0 unspecified atom stereocenters. The van der Waals surface area contributed by atoms with E-state index in [9.17, 15) is 4.79 Å². The summed E-state index contributed by atoms with van der Waals surface area (Å²) in [6, 6.07) is 9.30. The smallest absolute Gasteiger partial charge is 0.320 e. The second-order valence-corrected chi connectivity index (χ2v) is 3.92. The van der Waals surface area contributed by atoms with Crippen molar-refractivity contribution in [2.24, 2.45) is 5.73 Å². The molecule has 16 heavy (non-hydrogen) atoms. The van der Waals surface area contributed by atoms with Crippen molar-refractivity contribution in [3.63, 3.8) is 0 Å². The van der Waals surface area contributed by atoms with E-state index in [1.54, 1.807) is 6.92 Å². The number of carbonyl (C=O) groups is 1. The minimum atomic E-state index is -0.855. The predicted octanol–water partition coefficient (Wildman–Crippen LogP) is 0.619. The Morgan fingerprint density at radius 1 is 1.44 bits per heavy atom. The molecule has 0 saturated heterocycles. The van der Waals surface area contributed by atoms with Gasteiger partial charge in [0.15, 0.2) is 0 Å². The van der Waals surface area contributed by atoms with Gasteiger partial charge in [-0.05, 0) is 18.9 Å². The van der Waals surface area contributed by atoms with E-state index >= 15 is 0 Å². The molecule has 4 nitrogen and oxygen atoms in total. The van der Waals surface area contributed by atoms with Crippen LogP contribution in [-0.2, 0) is 11.2 Å². The van der Waals surface area contributed by atoms with Crippen LogP contribution >= 0.6 is 0 Å². The molecule has 0 aliphatic rings. The normalized spacial score (nSPS) is 14.4. The first kappa shape index (κ1) is 12.7. The molecular weight excluding hydrogens is 204 g/mol. The third-order valence-electron chi connectivity index (χ3n) is 2.40. The molecule has 0 heterocycles. The Labute approximate surface area is 95.5 Å². The van der Waals surface area contributed by atoms with Gasteiger partial charge in [0, 0.05) is 12.6 Å². The number of rotatable bonds is 6. The van der Waals surface area contributed by atoms with E-state index in [1.807, 2.05) is 30.3 Å². The van der Waals surface area contributed by atoms with Gasteiger partial charge in [0.1, 0.15) is 6.04 Å². The Bertz CT molecular complexity index is 327. The number of benzene rings is 1. The second kappa shape index (κ2) is 6.25. The van der Waals surface area contributed by atoms with Crippen molar-refractivity contribution in [3.05, 3.63) is 35.9 Å². The van der Waals surface area contributed by atoms with E-state index in [1.165, 1.54) is 5.56 Å². The Hall–Kier alpha value is -1.39. The van der Waals surface area contributed by atoms with E-state index < -0.39 is 12.0 Å². The quantitative estimate of drug-likeness (QED) is 0.659. The van der Waals surface area contributed by atoms with E-state index in [2.05, 4.69) is 5.32 Å². The van der Waals surface area contributed by atoms with E-state index in [4.69, 9.17) is 10.8 Å². The Morgan fingerprint density at radius 2 is 2.06 bits per heavy atom. The topological polar surface area (TPSA) is 75.3 Å². The minimum Gasteiger partial charge on any atom is -0.480 e. The van der Waals surface area contributed by atoms with Crippen LogP contribution in [0.2, 0.25) is 0 Å². The van der Waals surface area contributed by atoms with Gasteiger partial charge in [-0.1, -0.05) is 30.3 Å². The lowest BCUT2D eigenvalue weighted by molar-refractivity contribution is -0.138. The van der Waals surface area contributed by atoms with Gasteiger partial charge in [-0.25, -0.2) is 0 Å². The molecule has 0 bridgehead atoms. The zero-order chi connectivity index (χ0) is 12.0. The molecule has 0 aliphatic heterocycles. The number of carboxylic acid groups (broad SMARTS) is 1. The number of hydrogen-bond donors (Lipinski definition) is 3. The number of carboxylic acids is 1. The summed E-state index contributed by atoms with van der Waals surface area (Å²) in [4.78, 5) is 10.6. The highest BCUT2D eigenvalue weighted by Crippen LogP contribution is 2.01. The van der Waals surface area contributed by atoms with Crippen LogP contribution in [0.3, 0.4) is 0 Å². The van der Waals surface area contributed by atoms with Crippen molar-refractivity contribution in [2.75, 3.05) is 6.54 Å². The average molecular weight is 222 g/mol. The third-order valence-corrected chi connectivity index (χ3v) is 2.40. The monoisotopic (exact) mass is 222 g/mol. The van der Waals surface area contributed by atoms with Gasteiger partial charge in [-0.15, -0.1) is 0 Å². The predicted molar refractivity (Wildman–Crippen MR) is 63.2 cm³/mol. The van der Waals surface area contributed by atoms with Gasteiger partial charge < -0.3 is 16.2 Å². The molecule has 88 valence electrons. The third kappa shape index (κ3) is 4.42. The highest BCUT2D eigenvalue weighted by molar-refractivity contribution is 5.72. The Morgan fingerprint density at radius 3 is 2.62 bits per heavy atom. The van der Waals surface area contributed by atoms with Crippen molar-refractivity contribution in [2.45, 2.75) is 25.4 Å². The molecule has 2 atom stereocenters. The van der Waals surface area contributed by atoms with Crippen molar-refractivity contribution in [3.8, 4) is 0 Å². The fourth-order valence-corrected chi connectivity index (χ4v) is 1.40. The molecule has 1 aromatic carbocycles. The van der Waals surface area contributed by atoms with Crippen molar-refractivity contribution in [1.29, 1.82) is 0 Å². The van der Waals surface area contributed by atoms with Gasteiger partial charge in [-0.2, -0.15) is 0 Å². The van der Waals surface area contributed by atoms with Gasteiger partial charge in [-0.3, -0.25) is 4.79 Å². The molecule has 0 aliphatic carbocycles. The Kier molecular flexibility index (Phi) is 4.95. The lowest BCUT2D eigenvalue weighted by Gasteiger charge is -2.15. The zero-order valence-corrected chi connectivity index (χ0v) is 9.39. The maximum absolute atomic E-state index is 10.6. The molecule has 0 saturated carbocycles. The fourth-order valence-electron chi connectivity index (χ4n) is 1.40. The molecule has 1 rings (SSSR count). The number of hydrogen-bond acceptors (Lipinski definition) is 3. The Balaban J connectivity index is 2.31. The van der Waals surface area contributed by atoms with E-state index in [-0.39, 0.29) is 6.04 Å². The first-order valence-electron chi connectivity index (χ1n) is 5.35. The molecule has 0 radical (unpaired) electrons. The summed E-state index contributed by atoms with van der Waals surface area (Å²) in [5.41, 5.74) is 7.07. The highest BCUT2D eigenvalue weighted by Gasteiger charge is 2.11. The molecule has 0 spiro atoms. The molecule has 4 N–H and O–H groups in total. The van der Waals surface area contributed by atoms with Crippen LogP contribution in [-0.4, -0.2) is 29.7 Å². The summed E-state index contributed by atoms with van der Waals surface area (Å²) in [6.45, 7) is 2.11. The van der Waals surface area contributed by atoms with Crippen LogP contribution < -0.4 is 11.1 Å². The SMILES string of the molecule is C[C@H](NC[C@@H](N)Cc1ccccc1)C(=O)O. The number of nitrogens with two attached hydrogens (primary N) is 1. The van der Waals surface area contributed by atoms with Gasteiger partial charge >= 0.3 is 5.97 Å². The minimum absolute atomic E-state index is 0.0656. The second-order valence-electron chi connectivity index (χ2n) is 3.92. The van der Waals surface area contributed by atoms with Crippen LogP contribution in [0.15, 0.2) is 30.3 Å². The molecule has 4 heteroatoms. The van der Waals surface area contributed by atoms with Crippen molar-refractivity contribution in [1.82, 2.24) is 5.32 Å². The largest absolute Gasteiger partial charge is 0.480 e. The number of aliphatic carboxylic acids is 1. The molecule has 0 fully saturated rings. The molecule has 0 aromatic heterocycles. The summed E-state index contributed by atoms with van der Waals surface area (Å²) < 4.78 is 0. The van der Waals surface area contributed by atoms with Crippen molar-refractivity contribution >= 4 is 5.97 Å². The molecule has 1 aromatic rings. The summed E-state index contributed by atoms with van der Waals surface area (Å²) in [5, 5.41) is 11.6. The van der Waals surface area contributed by atoms with Gasteiger partial charge in [0.25, 0.3) is 0 Å². The van der Waals surface area contributed by atoms with E-state index in [0.717, 1.165) is 6.42 Å². The summed E-state index contributed by atoms with van der Waals surface area (Å²) in [5.74, 6) is -0.855. The van der Waals surface area contributed by atoms with Crippen LogP contribution in [0.4, 0.5) is 0 Å². The van der Waals surface area contributed by atoms with Crippen molar-refractivity contribution < 1.29 is 9.90 Å². The van der Waals surface area contributed by atoms with E-state index in [0.29, 0.717) is 6.54 Å². The van der Waals surface area contributed by atoms with Crippen LogP contribution in [0.1, 0.15) is 12.5 Å². The van der Waals surface area contributed by atoms with Gasteiger partial charge in [0.2, 0.25) is 0 Å². The van der Waals surface area contributed by atoms with Gasteiger partial charge in [0.05, 0.1) is 0 Å². The molecular formula is C12H18N2O2. The summed E-state index contributed by atoms with van der Waals surface area (Å²) >= 11 is 0. The lowest BCUT2D eigenvalue weighted by Crippen LogP contribution is -2.42.